The first kappa shape index (κ1) is 17.7. The number of nitrogens with one attached hydrogen (secondary N) is 1. The van der Waals surface area contributed by atoms with Crippen LogP contribution in [0.3, 0.4) is 0 Å². The maximum Gasteiger partial charge on any atom is 0.128 e. The number of piperazine rings is 1. The van der Waals surface area contributed by atoms with Crippen LogP contribution in [0.2, 0.25) is 0 Å². The molecule has 0 radical (unpaired) electrons. The average molecular weight is 365 g/mol. The Morgan fingerprint density at radius 3 is 2.67 bits per heavy atom. The van der Waals surface area contributed by atoms with Gasteiger partial charge in [-0.1, -0.05) is 6.07 Å². The van der Waals surface area contributed by atoms with Gasteiger partial charge >= 0.3 is 0 Å². The summed E-state index contributed by atoms with van der Waals surface area (Å²) in [7, 11) is 0. The summed E-state index contributed by atoms with van der Waals surface area (Å²) in [5, 5.41) is 4.51. The predicted molar refractivity (Wildman–Crippen MR) is 108 cm³/mol. The lowest BCUT2D eigenvalue weighted by Crippen LogP contribution is -2.49. The molecule has 1 unspecified atom stereocenters. The topological polar surface area (TPSA) is 44.3 Å². The Labute approximate surface area is 158 Å². The van der Waals surface area contributed by atoms with Crippen molar-refractivity contribution >= 4 is 22.4 Å². The van der Waals surface area contributed by atoms with Crippen molar-refractivity contribution in [1.29, 1.82) is 0 Å². The fourth-order valence-electron chi connectivity index (χ4n) is 3.65. The molecular weight excluding hydrogens is 341 g/mol. The lowest BCUT2D eigenvalue weighted by molar-refractivity contribution is 0.250. The van der Waals surface area contributed by atoms with E-state index in [4.69, 9.17) is 0 Å². The summed E-state index contributed by atoms with van der Waals surface area (Å²) in [5.41, 5.74) is 1.68. The second kappa shape index (κ2) is 7.88. The summed E-state index contributed by atoms with van der Waals surface area (Å²) in [4.78, 5) is 13.5. The van der Waals surface area contributed by atoms with Crippen molar-refractivity contribution in [3.63, 3.8) is 0 Å². The largest absolute Gasteiger partial charge is 0.381 e. The minimum Gasteiger partial charge on any atom is -0.381 e. The van der Waals surface area contributed by atoms with E-state index in [1.54, 1.807) is 12.3 Å². The summed E-state index contributed by atoms with van der Waals surface area (Å²) < 4.78 is 13.4. The Balaban J connectivity index is 1.35. The summed E-state index contributed by atoms with van der Waals surface area (Å²) in [6.07, 6.45) is 3.57. The van der Waals surface area contributed by atoms with Crippen LogP contribution in [0.1, 0.15) is 6.92 Å². The monoisotopic (exact) mass is 365 g/mol. The molecule has 3 heterocycles. The van der Waals surface area contributed by atoms with Crippen molar-refractivity contribution in [2.75, 3.05) is 42.9 Å². The predicted octanol–water partition coefficient (Wildman–Crippen LogP) is 3.39. The van der Waals surface area contributed by atoms with E-state index in [0.29, 0.717) is 5.52 Å². The van der Waals surface area contributed by atoms with E-state index in [-0.39, 0.29) is 11.9 Å². The van der Waals surface area contributed by atoms with Crippen molar-refractivity contribution in [2.24, 2.45) is 0 Å². The van der Waals surface area contributed by atoms with Crippen LogP contribution in [0.15, 0.2) is 54.9 Å². The molecule has 5 nitrogen and oxygen atoms in total. The highest BCUT2D eigenvalue weighted by molar-refractivity contribution is 5.91. The van der Waals surface area contributed by atoms with Gasteiger partial charge in [0.25, 0.3) is 0 Å². The molecule has 3 aromatic rings. The lowest BCUT2D eigenvalue weighted by Gasteiger charge is -2.36. The third kappa shape index (κ3) is 4.17. The van der Waals surface area contributed by atoms with E-state index in [9.17, 15) is 4.39 Å². The van der Waals surface area contributed by atoms with Gasteiger partial charge in [-0.2, -0.15) is 0 Å². The van der Waals surface area contributed by atoms with Crippen molar-refractivity contribution < 1.29 is 4.39 Å². The third-order valence-electron chi connectivity index (χ3n) is 4.98. The number of nitrogens with zero attached hydrogens (tertiary/aromatic N) is 4. The van der Waals surface area contributed by atoms with E-state index < -0.39 is 0 Å². The fourth-order valence-corrected chi connectivity index (χ4v) is 3.65. The van der Waals surface area contributed by atoms with Gasteiger partial charge in [-0.05, 0) is 37.3 Å². The van der Waals surface area contributed by atoms with Crippen molar-refractivity contribution in [1.82, 2.24) is 14.9 Å². The molecule has 1 aliphatic heterocycles. The number of aromatic nitrogens is 2. The van der Waals surface area contributed by atoms with E-state index in [0.717, 1.165) is 49.6 Å². The number of hydrogen-bond donors (Lipinski definition) is 1. The summed E-state index contributed by atoms with van der Waals surface area (Å²) in [5.74, 6) is 0.796. The van der Waals surface area contributed by atoms with Gasteiger partial charge in [0.2, 0.25) is 0 Å². The molecule has 140 valence electrons. The Morgan fingerprint density at radius 2 is 1.89 bits per heavy atom. The summed E-state index contributed by atoms with van der Waals surface area (Å²) in [6, 6.07) is 13.0. The maximum absolute atomic E-state index is 13.4. The molecule has 6 heteroatoms. The average Bonchev–Trinajstić information content (AvgIpc) is 2.69. The highest BCUT2D eigenvalue weighted by Crippen LogP contribution is 2.23. The zero-order valence-electron chi connectivity index (χ0n) is 15.5. The van der Waals surface area contributed by atoms with Gasteiger partial charge in [0.05, 0.1) is 5.52 Å². The number of benzene rings is 1. The summed E-state index contributed by atoms with van der Waals surface area (Å²) in [6.45, 7) is 7.15. The molecule has 0 aliphatic carbocycles. The number of rotatable bonds is 5. The molecule has 4 rings (SSSR count). The van der Waals surface area contributed by atoms with Gasteiger partial charge in [-0.15, -0.1) is 0 Å². The Bertz CT molecular complexity index is 893. The maximum atomic E-state index is 13.4. The quantitative estimate of drug-likeness (QED) is 0.751. The van der Waals surface area contributed by atoms with Gasteiger partial charge in [-0.25, -0.2) is 9.37 Å². The molecule has 2 aromatic heterocycles. The van der Waals surface area contributed by atoms with Crippen molar-refractivity contribution in [3.05, 3.63) is 60.7 Å². The normalized spacial score (nSPS) is 16.4. The van der Waals surface area contributed by atoms with Crippen molar-refractivity contribution in [2.45, 2.75) is 13.0 Å². The summed E-state index contributed by atoms with van der Waals surface area (Å²) >= 11 is 0. The van der Waals surface area contributed by atoms with Crippen LogP contribution in [0, 0.1) is 5.82 Å². The molecule has 1 saturated heterocycles. The second-order valence-electron chi connectivity index (χ2n) is 7.04. The Morgan fingerprint density at radius 1 is 1.04 bits per heavy atom. The van der Waals surface area contributed by atoms with Gasteiger partial charge in [0.15, 0.2) is 0 Å². The smallest absolute Gasteiger partial charge is 0.128 e. The van der Waals surface area contributed by atoms with Gasteiger partial charge < -0.3 is 10.2 Å². The first-order chi connectivity index (χ1) is 13.2. The van der Waals surface area contributed by atoms with Crippen LogP contribution in [0.5, 0.6) is 0 Å². The first-order valence-corrected chi connectivity index (χ1v) is 9.38. The van der Waals surface area contributed by atoms with Crippen LogP contribution in [-0.2, 0) is 0 Å². The van der Waals surface area contributed by atoms with Crippen LogP contribution >= 0.6 is 0 Å². The highest BCUT2D eigenvalue weighted by Gasteiger charge is 2.19. The SMILES string of the molecule is CC(CN1CCN(c2ccccn2)CC1)Nc1ccnc2cc(F)ccc12. The number of fused-ring (bicyclic) bond motifs is 1. The zero-order chi connectivity index (χ0) is 18.6. The minimum atomic E-state index is -0.258. The van der Waals surface area contributed by atoms with E-state index in [1.165, 1.54) is 12.1 Å². The molecule has 0 bridgehead atoms. The number of anilines is 2. The van der Waals surface area contributed by atoms with Gasteiger partial charge in [0.1, 0.15) is 11.6 Å². The Hall–Kier alpha value is -2.73. The number of hydrogen-bond acceptors (Lipinski definition) is 5. The number of pyridine rings is 2. The van der Waals surface area contributed by atoms with Crippen LogP contribution < -0.4 is 10.2 Å². The molecule has 0 spiro atoms. The number of halogens is 1. The molecule has 1 aliphatic rings. The molecular formula is C21H24FN5. The van der Waals surface area contributed by atoms with Crippen LogP contribution in [0.25, 0.3) is 10.9 Å². The van der Waals surface area contributed by atoms with Gasteiger partial charge in [-0.3, -0.25) is 9.88 Å². The molecule has 27 heavy (non-hydrogen) atoms. The van der Waals surface area contributed by atoms with Crippen LogP contribution in [0.4, 0.5) is 15.9 Å². The van der Waals surface area contributed by atoms with E-state index in [1.807, 2.05) is 24.4 Å². The molecule has 1 N–H and O–H groups in total. The first-order valence-electron chi connectivity index (χ1n) is 9.38. The molecule has 0 amide bonds. The minimum absolute atomic E-state index is 0.258. The van der Waals surface area contributed by atoms with E-state index >= 15 is 0 Å². The second-order valence-corrected chi connectivity index (χ2v) is 7.04. The van der Waals surface area contributed by atoms with Gasteiger partial charge in [0, 0.05) is 68.3 Å². The molecule has 0 saturated carbocycles. The van der Waals surface area contributed by atoms with E-state index in [2.05, 4.69) is 38.1 Å². The zero-order valence-corrected chi connectivity index (χ0v) is 15.5. The third-order valence-corrected chi connectivity index (χ3v) is 4.98. The standard InChI is InChI=1S/C21H24FN5/c1-16(25-19-7-9-23-20-14-17(22)5-6-18(19)20)15-26-10-12-27(13-11-26)21-4-2-3-8-24-21/h2-9,14,16H,10-13,15H2,1H3,(H,23,25). The molecule has 1 atom stereocenters. The van der Waals surface area contributed by atoms with Crippen LogP contribution in [-0.4, -0.2) is 53.6 Å². The lowest BCUT2D eigenvalue weighted by atomic mass is 10.1. The Kier molecular flexibility index (Phi) is 5.16. The fraction of sp³-hybridized carbons (Fsp3) is 0.333. The molecule has 1 aromatic carbocycles. The van der Waals surface area contributed by atoms with Crippen molar-refractivity contribution in [3.8, 4) is 0 Å². The highest BCUT2D eigenvalue weighted by atomic mass is 19.1. The molecule has 1 fully saturated rings.